The number of benzene rings is 1. The number of ether oxygens (including phenoxy) is 1. The van der Waals surface area contributed by atoms with Crippen molar-refractivity contribution < 1.29 is 9.53 Å². The van der Waals surface area contributed by atoms with E-state index >= 15 is 0 Å². The van der Waals surface area contributed by atoms with Gasteiger partial charge in [0.05, 0.1) is 19.2 Å². The van der Waals surface area contributed by atoms with E-state index in [1.165, 1.54) is 0 Å². The minimum absolute atomic E-state index is 0.0490. The number of hydrogen-bond donors (Lipinski definition) is 2. The van der Waals surface area contributed by atoms with Crippen LogP contribution in [0.2, 0.25) is 0 Å². The van der Waals surface area contributed by atoms with Crippen molar-refractivity contribution in [1.29, 1.82) is 0 Å². The molecule has 2 rings (SSSR count). The summed E-state index contributed by atoms with van der Waals surface area (Å²) >= 11 is 0. The average Bonchev–Trinajstić information content (AvgIpc) is 2.32. The molecule has 1 fully saturated rings. The molecule has 92 valence electrons. The summed E-state index contributed by atoms with van der Waals surface area (Å²) in [6.07, 6.45) is 0. The van der Waals surface area contributed by atoms with Gasteiger partial charge in [0, 0.05) is 12.1 Å². The molecule has 1 amide bonds. The van der Waals surface area contributed by atoms with Crippen LogP contribution in [0.1, 0.15) is 24.1 Å². The van der Waals surface area contributed by atoms with Gasteiger partial charge in [-0.25, -0.2) is 0 Å². The summed E-state index contributed by atoms with van der Waals surface area (Å²) in [4.78, 5) is 11.4. The van der Waals surface area contributed by atoms with Crippen LogP contribution in [0.15, 0.2) is 18.2 Å². The van der Waals surface area contributed by atoms with Crippen LogP contribution < -0.4 is 15.4 Å². The quantitative estimate of drug-likeness (QED) is 0.807. The van der Waals surface area contributed by atoms with Crippen LogP contribution >= 0.6 is 0 Å². The molecule has 1 aromatic carbocycles. The van der Waals surface area contributed by atoms with Gasteiger partial charge < -0.3 is 10.1 Å². The Morgan fingerprint density at radius 1 is 1.41 bits per heavy atom. The number of rotatable bonds is 2. The SMILES string of the molecule is COc1c(C)cccc1C1CNC(=O)C(C)N1. The Bertz CT molecular complexity index is 431. The number of amides is 1. The molecule has 1 heterocycles. The molecule has 4 nitrogen and oxygen atoms in total. The minimum atomic E-state index is -0.168. The predicted molar refractivity (Wildman–Crippen MR) is 66.1 cm³/mol. The first-order chi connectivity index (χ1) is 8.13. The summed E-state index contributed by atoms with van der Waals surface area (Å²) < 4.78 is 5.44. The molecule has 1 aromatic rings. The Kier molecular flexibility index (Phi) is 3.33. The smallest absolute Gasteiger partial charge is 0.236 e. The molecule has 0 radical (unpaired) electrons. The molecule has 1 aliphatic rings. The van der Waals surface area contributed by atoms with E-state index in [-0.39, 0.29) is 18.0 Å². The normalized spacial score (nSPS) is 24.3. The lowest BCUT2D eigenvalue weighted by Gasteiger charge is -2.30. The minimum Gasteiger partial charge on any atom is -0.496 e. The highest BCUT2D eigenvalue weighted by Crippen LogP contribution is 2.29. The lowest BCUT2D eigenvalue weighted by atomic mass is 10.00. The third-order valence-corrected chi connectivity index (χ3v) is 3.15. The standard InChI is InChI=1S/C13H18N2O2/c1-8-5-4-6-10(12(8)17-3)11-7-14-13(16)9(2)15-11/h4-6,9,11,15H,7H2,1-3H3,(H,14,16). The van der Waals surface area contributed by atoms with Crippen LogP contribution in [0.4, 0.5) is 0 Å². The lowest BCUT2D eigenvalue weighted by molar-refractivity contribution is -0.124. The molecule has 0 bridgehead atoms. The van der Waals surface area contributed by atoms with Gasteiger partial charge in [0.1, 0.15) is 5.75 Å². The lowest BCUT2D eigenvalue weighted by Crippen LogP contribution is -2.52. The zero-order chi connectivity index (χ0) is 12.4. The van der Waals surface area contributed by atoms with Crippen LogP contribution in [-0.4, -0.2) is 25.6 Å². The van der Waals surface area contributed by atoms with Gasteiger partial charge >= 0.3 is 0 Å². The van der Waals surface area contributed by atoms with Gasteiger partial charge in [-0.15, -0.1) is 0 Å². The Balaban J connectivity index is 2.28. The summed E-state index contributed by atoms with van der Waals surface area (Å²) in [6.45, 7) is 4.49. The van der Waals surface area contributed by atoms with E-state index in [2.05, 4.69) is 10.6 Å². The van der Waals surface area contributed by atoms with Gasteiger partial charge in [0.15, 0.2) is 0 Å². The Hall–Kier alpha value is -1.55. The Morgan fingerprint density at radius 3 is 2.82 bits per heavy atom. The number of hydrogen-bond acceptors (Lipinski definition) is 3. The number of carbonyl (C=O) groups excluding carboxylic acids is 1. The van der Waals surface area contributed by atoms with E-state index in [0.29, 0.717) is 6.54 Å². The molecular formula is C13H18N2O2. The molecule has 1 saturated heterocycles. The monoisotopic (exact) mass is 234 g/mol. The van der Waals surface area contributed by atoms with Crippen molar-refractivity contribution in [2.45, 2.75) is 25.9 Å². The highest BCUT2D eigenvalue weighted by molar-refractivity contribution is 5.82. The number of para-hydroxylation sites is 1. The molecule has 2 unspecified atom stereocenters. The molecular weight excluding hydrogens is 216 g/mol. The van der Waals surface area contributed by atoms with Crippen molar-refractivity contribution in [3.8, 4) is 5.75 Å². The van der Waals surface area contributed by atoms with E-state index in [0.717, 1.165) is 16.9 Å². The van der Waals surface area contributed by atoms with Crippen LogP contribution in [0.3, 0.4) is 0 Å². The molecule has 2 atom stereocenters. The highest BCUT2D eigenvalue weighted by atomic mass is 16.5. The number of aryl methyl sites for hydroxylation is 1. The molecule has 4 heteroatoms. The zero-order valence-corrected chi connectivity index (χ0v) is 10.4. The molecule has 2 N–H and O–H groups in total. The molecule has 0 spiro atoms. The average molecular weight is 234 g/mol. The number of carbonyl (C=O) groups is 1. The first kappa shape index (κ1) is 11.9. The molecule has 17 heavy (non-hydrogen) atoms. The van der Waals surface area contributed by atoms with Gasteiger partial charge in [-0.3, -0.25) is 10.1 Å². The second-order valence-electron chi connectivity index (χ2n) is 4.38. The fraction of sp³-hybridized carbons (Fsp3) is 0.462. The van der Waals surface area contributed by atoms with Crippen molar-refractivity contribution in [3.05, 3.63) is 29.3 Å². The van der Waals surface area contributed by atoms with E-state index in [1.54, 1.807) is 7.11 Å². The van der Waals surface area contributed by atoms with E-state index in [9.17, 15) is 4.79 Å². The summed E-state index contributed by atoms with van der Waals surface area (Å²) in [5.74, 6) is 0.946. The third kappa shape index (κ3) is 2.26. The topological polar surface area (TPSA) is 50.4 Å². The van der Waals surface area contributed by atoms with E-state index in [4.69, 9.17) is 4.74 Å². The van der Waals surface area contributed by atoms with Gasteiger partial charge in [0.2, 0.25) is 5.91 Å². The van der Waals surface area contributed by atoms with Crippen molar-refractivity contribution in [2.75, 3.05) is 13.7 Å². The van der Waals surface area contributed by atoms with Gasteiger partial charge in [0.25, 0.3) is 0 Å². The maximum absolute atomic E-state index is 11.4. The summed E-state index contributed by atoms with van der Waals surface area (Å²) in [7, 11) is 1.68. The Labute approximate surface area is 101 Å². The van der Waals surface area contributed by atoms with Gasteiger partial charge in [-0.1, -0.05) is 18.2 Å². The Morgan fingerprint density at radius 2 is 2.18 bits per heavy atom. The third-order valence-electron chi connectivity index (χ3n) is 3.15. The van der Waals surface area contributed by atoms with Crippen molar-refractivity contribution in [1.82, 2.24) is 10.6 Å². The van der Waals surface area contributed by atoms with Crippen molar-refractivity contribution in [2.24, 2.45) is 0 Å². The molecule has 0 saturated carbocycles. The van der Waals surface area contributed by atoms with E-state index < -0.39 is 0 Å². The number of piperazine rings is 1. The fourth-order valence-corrected chi connectivity index (χ4v) is 2.22. The summed E-state index contributed by atoms with van der Waals surface area (Å²) in [5.41, 5.74) is 2.20. The molecule has 0 aliphatic carbocycles. The maximum atomic E-state index is 11.4. The maximum Gasteiger partial charge on any atom is 0.236 e. The largest absolute Gasteiger partial charge is 0.496 e. The fourth-order valence-electron chi connectivity index (χ4n) is 2.22. The van der Waals surface area contributed by atoms with Crippen LogP contribution in [0, 0.1) is 6.92 Å². The van der Waals surface area contributed by atoms with E-state index in [1.807, 2.05) is 32.0 Å². The second kappa shape index (κ2) is 4.75. The molecule has 0 aromatic heterocycles. The first-order valence-corrected chi connectivity index (χ1v) is 5.80. The second-order valence-corrected chi connectivity index (χ2v) is 4.38. The van der Waals surface area contributed by atoms with Gasteiger partial charge in [-0.05, 0) is 19.4 Å². The summed E-state index contributed by atoms with van der Waals surface area (Å²) in [6, 6.07) is 6.01. The van der Waals surface area contributed by atoms with Crippen LogP contribution in [0.25, 0.3) is 0 Å². The van der Waals surface area contributed by atoms with Crippen molar-refractivity contribution >= 4 is 5.91 Å². The number of methoxy groups -OCH3 is 1. The van der Waals surface area contributed by atoms with Crippen LogP contribution in [0.5, 0.6) is 5.75 Å². The number of nitrogens with one attached hydrogen (secondary N) is 2. The zero-order valence-electron chi connectivity index (χ0n) is 10.4. The summed E-state index contributed by atoms with van der Waals surface area (Å²) in [5, 5.41) is 6.19. The highest BCUT2D eigenvalue weighted by Gasteiger charge is 2.27. The van der Waals surface area contributed by atoms with Crippen LogP contribution in [-0.2, 0) is 4.79 Å². The first-order valence-electron chi connectivity index (χ1n) is 5.80. The van der Waals surface area contributed by atoms with Crippen molar-refractivity contribution in [3.63, 3.8) is 0 Å². The molecule has 1 aliphatic heterocycles. The van der Waals surface area contributed by atoms with Gasteiger partial charge in [-0.2, -0.15) is 0 Å². The predicted octanol–water partition coefficient (Wildman–Crippen LogP) is 1.15.